The topological polar surface area (TPSA) is 60.7 Å². The SMILES string of the molecule is O=[N+]([O-])c1ccc(C[NH+]2CCCCCC2)o1. The van der Waals surface area contributed by atoms with Gasteiger partial charge in [0, 0.05) is 0 Å². The highest BCUT2D eigenvalue weighted by Gasteiger charge is 2.17. The Bertz CT molecular complexity index is 354. The van der Waals surface area contributed by atoms with Crippen molar-refractivity contribution >= 4 is 5.88 Å². The normalized spacial score (nSPS) is 18.2. The van der Waals surface area contributed by atoms with Gasteiger partial charge < -0.3 is 9.32 Å². The van der Waals surface area contributed by atoms with Gasteiger partial charge in [0.15, 0.2) is 5.76 Å². The van der Waals surface area contributed by atoms with Gasteiger partial charge >= 0.3 is 5.88 Å². The first-order chi connectivity index (χ1) is 7.75. The molecular formula is C11H17N2O3+. The molecule has 0 spiro atoms. The Morgan fingerprint density at radius 2 is 1.94 bits per heavy atom. The van der Waals surface area contributed by atoms with Crippen LogP contribution in [0, 0.1) is 10.1 Å². The smallest absolute Gasteiger partial charge is 0.400 e. The van der Waals surface area contributed by atoms with Crippen molar-refractivity contribution in [2.24, 2.45) is 0 Å². The molecule has 0 aromatic carbocycles. The molecule has 1 fully saturated rings. The van der Waals surface area contributed by atoms with Crippen molar-refractivity contribution in [3.05, 3.63) is 28.0 Å². The summed E-state index contributed by atoms with van der Waals surface area (Å²) in [6.45, 7) is 3.07. The number of hydrogen-bond acceptors (Lipinski definition) is 3. The number of likely N-dealkylation sites (tertiary alicyclic amines) is 1. The fraction of sp³-hybridized carbons (Fsp3) is 0.636. The molecule has 1 aromatic heterocycles. The molecule has 1 N–H and O–H groups in total. The molecule has 5 heteroatoms. The van der Waals surface area contributed by atoms with Crippen LogP contribution in [0.4, 0.5) is 5.88 Å². The van der Waals surface area contributed by atoms with Gasteiger partial charge in [-0.1, -0.05) is 0 Å². The van der Waals surface area contributed by atoms with Crippen LogP contribution in [0.5, 0.6) is 0 Å². The zero-order chi connectivity index (χ0) is 11.4. The molecule has 1 saturated heterocycles. The third kappa shape index (κ3) is 2.82. The maximum absolute atomic E-state index is 10.5. The minimum atomic E-state index is -0.485. The Labute approximate surface area is 94.2 Å². The molecule has 1 aliphatic rings. The van der Waals surface area contributed by atoms with Crippen LogP contribution in [-0.2, 0) is 6.54 Å². The van der Waals surface area contributed by atoms with Crippen LogP contribution in [0.1, 0.15) is 31.4 Å². The van der Waals surface area contributed by atoms with E-state index in [0.717, 1.165) is 25.4 Å². The summed E-state index contributed by atoms with van der Waals surface area (Å²) < 4.78 is 5.17. The van der Waals surface area contributed by atoms with E-state index in [-0.39, 0.29) is 5.88 Å². The summed E-state index contributed by atoms with van der Waals surface area (Å²) >= 11 is 0. The largest absolute Gasteiger partial charge is 0.433 e. The van der Waals surface area contributed by atoms with Gasteiger partial charge in [-0.25, -0.2) is 0 Å². The lowest BCUT2D eigenvalue weighted by molar-refractivity contribution is -0.914. The molecule has 2 rings (SSSR count). The van der Waals surface area contributed by atoms with Gasteiger partial charge in [0.2, 0.25) is 0 Å². The minimum Gasteiger partial charge on any atom is -0.400 e. The van der Waals surface area contributed by atoms with Crippen LogP contribution < -0.4 is 4.90 Å². The van der Waals surface area contributed by atoms with Gasteiger partial charge in [-0.2, -0.15) is 0 Å². The van der Waals surface area contributed by atoms with Crippen LogP contribution in [0.25, 0.3) is 0 Å². The van der Waals surface area contributed by atoms with Crippen LogP contribution in [-0.4, -0.2) is 18.0 Å². The summed E-state index contributed by atoms with van der Waals surface area (Å²) in [5, 5.41) is 10.5. The minimum absolute atomic E-state index is 0.149. The molecule has 0 amide bonds. The first kappa shape index (κ1) is 11.1. The molecule has 88 valence electrons. The molecule has 0 saturated carbocycles. The van der Waals surface area contributed by atoms with Gasteiger partial charge in [0.25, 0.3) is 0 Å². The predicted molar refractivity (Wildman–Crippen MR) is 58.2 cm³/mol. The van der Waals surface area contributed by atoms with Crippen molar-refractivity contribution in [2.75, 3.05) is 13.1 Å². The van der Waals surface area contributed by atoms with E-state index in [2.05, 4.69) is 0 Å². The molecule has 2 heterocycles. The number of nitrogens with zero attached hydrogens (tertiary/aromatic N) is 1. The second kappa shape index (κ2) is 5.12. The van der Waals surface area contributed by atoms with Crippen molar-refractivity contribution in [1.29, 1.82) is 0 Å². The van der Waals surface area contributed by atoms with Gasteiger partial charge in [0.1, 0.15) is 11.5 Å². The van der Waals surface area contributed by atoms with E-state index in [9.17, 15) is 10.1 Å². The van der Waals surface area contributed by atoms with Crippen LogP contribution in [0.2, 0.25) is 0 Å². The third-order valence-corrected chi connectivity index (χ3v) is 3.06. The summed E-state index contributed by atoms with van der Waals surface area (Å²) in [7, 11) is 0. The summed E-state index contributed by atoms with van der Waals surface area (Å²) in [6, 6.07) is 3.16. The summed E-state index contributed by atoms with van der Waals surface area (Å²) in [5.41, 5.74) is 0. The first-order valence-electron chi connectivity index (χ1n) is 5.82. The van der Waals surface area contributed by atoms with Crippen LogP contribution in [0.15, 0.2) is 16.5 Å². The molecule has 5 nitrogen and oxygen atoms in total. The number of nitro groups is 1. The Kier molecular flexibility index (Phi) is 3.56. The van der Waals surface area contributed by atoms with E-state index in [4.69, 9.17) is 4.42 Å². The molecule has 1 aliphatic heterocycles. The highest BCUT2D eigenvalue weighted by atomic mass is 16.6. The van der Waals surface area contributed by atoms with Gasteiger partial charge in [-0.05, 0) is 31.7 Å². The van der Waals surface area contributed by atoms with Crippen molar-refractivity contribution in [3.8, 4) is 0 Å². The fourth-order valence-electron chi connectivity index (χ4n) is 2.21. The summed E-state index contributed by atoms with van der Waals surface area (Å²) in [4.78, 5) is 11.5. The Balaban J connectivity index is 1.94. The van der Waals surface area contributed by atoms with E-state index in [1.807, 2.05) is 0 Å². The van der Waals surface area contributed by atoms with Gasteiger partial charge in [0.05, 0.1) is 19.2 Å². The van der Waals surface area contributed by atoms with E-state index in [0.29, 0.717) is 0 Å². The molecular weight excluding hydrogens is 208 g/mol. The van der Waals surface area contributed by atoms with E-state index >= 15 is 0 Å². The van der Waals surface area contributed by atoms with Crippen molar-refractivity contribution < 1.29 is 14.2 Å². The van der Waals surface area contributed by atoms with E-state index in [1.54, 1.807) is 6.07 Å². The maximum Gasteiger partial charge on any atom is 0.433 e. The third-order valence-electron chi connectivity index (χ3n) is 3.06. The second-order valence-corrected chi connectivity index (χ2v) is 4.34. The van der Waals surface area contributed by atoms with Gasteiger partial charge in [-0.3, -0.25) is 10.1 Å². The first-order valence-corrected chi connectivity index (χ1v) is 5.82. The monoisotopic (exact) mass is 225 g/mol. The summed E-state index contributed by atoms with van der Waals surface area (Å²) in [6.07, 6.45) is 5.11. The molecule has 0 bridgehead atoms. The Morgan fingerprint density at radius 1 is 1.25 bits per heavy atom. The van der Waals surface area contributed by atoms with Crippen molar-refractivity contribution in [3.63, 3.8) is 0 Å². The lowest BCUT2D eigenvalue weighted by Crippen LogP contribution is -3.10. The van der Waals surface area contributed by atoms with Crippen molar-refractivity contribution in [1.82, 2.24) is 0 Å². The number of furan rings is 1. The number of quaternary nitrogens is 1. The average molecular weight is 225 g/mol. The standard InChI is InChI=1S/C11H16N2O3/c14-13(15)11-6-5-10(16-11)9-12-7-3-1-2-4-8-12/h5-6H,1-4,7-9H2/p+1. The number of rotatable bonds is 3. The zero-order valence-corrected chi connectivity index (χ0v) is 9.28. The van der Waals surface area contributed by atoms with Crippen LogP contribution in [0.3, 0.4) is 0 Å². The average Bonchev–Trinajstić information content (AvgIpc) is 2.56. The quantitative estimate of drug-likeness (QED) is 0.620. The number of nitrogens with one attached hydrogen (secondary N) is 1. The Hall–Kier alpha value is -1.36. The van der Waals surface area contributed by atoms with Crippen LogP contribution >= 0.6 is 0 Å². The number of hydrogen-bond donors (Lipinski definition) is 1. The molecule has 0 unspecified atom stereocenters. The predicted octanol–water partition coefficient (Wildman–Crippen LogP) is 1.15. The highest BCUT2D eigenvalue weighted by molar-refractivity contribution is 5.17. The Morgan fingerprint density at radius 3 is 2.50 bits per heavy atom. The molecule has 1 aromatic rings. The zero-order valence-electron chi connectivity index (χ0n) is 9.28. The van der Waals surface area contributed by atoms with Gasteiger partial charge in [-0.15, -0.1) is 0 Å². The van der Waals surface area contributed by atoms with E-state index < -0.39 is 4.92 Å². The molecule has 16 heavy (non-hydrogen) atoms. The fourth-order valence-corrected chi connectivity index (χ4v) is 2.21. The lowest BCUT2D eigenvalue weighted by atomic mass is 10.2. The lowest BCUT2D eigenvalue weighted by Gasteiger charge is -2.14. The molecule has 0 radical (unpaired) electrons. The maximum atomic E-state index is 10.5. The second-order valence-electron chi connectivity index (χ2n) is 4.34. The molecule has 0 aliphatic carbocycles. The van der Waals surface area contributed by atoms with Crippen molar-refractivity contribution in [2.45, 2.75) is 32.2 Å². The summed E-state index contributed by atoms with van der Waals surface area (Å²) in [5.74, 6) is 0.577. The molecule has 0 atom stereocenters. The highest BCUT2D eigenvalue weighted by Crippen LogP contribution is 2.14. The van der Waals surface area contributed by atoms with E-state index in [1.165, 1.54) is 36.6 Å².